The fraction of sp³-hybridized carbons (Fsp3) is 0.600. The van der Waals surface area contributed by atoms with E-state index >= 15 is 0 Å². The normalized spacial score (nSPS) is 10.4. The van der Waals surface area contributed by atoms with Gasteiger partial charge < -0.3 is 19.9 Å². The summed E-state index contributed by atoms with van der Waals surface area (Å²) in [7, 11) is 1.25. The summed E-state index contributed by atoms with van der Waals surface area (Å²) in [6, 6.07) is 4.38. The Hall–Kier alpha value is -2.24. The molecule has 26 heavy (non-hydrogen) atoms. The number of carbonyl (C=O) groups is 2. The second kappa shape index (κ2) is 13.0. The van der Waals surface area contributed by atoms with Gasteiger partial charge in [0.15, 0.2) is 0 Å². The zero-order valence-electron chi connectivity index (χ0n) is 15.9. The Kier molecular flexibility index (Phi) is 10.9. The number of nitrogen functional groups attached to an aromatic ring is 1. The second-order valence-corrected chi connectivity index (χ2v) is 6.28. The van der Waals surface area contributed by atoms with Gasteiger partial charge in [0.05, 0.1) is 13.7 Å². The summed E-state index contributed by atoms with van der Waals surface area (Å²) >= 11 is 0. The van der Waals surface area contributed by atoms with Gasteiger partial charge in [-0.15, -0.1) is 0 Å². The van der Waals surface area contributed by atoms with Crippen molar-refractivity contribution >= 4 is 17.8 Å². The number of methoxy groups -OCH3 is 1. The van der Waals surface area contributed by atoms with E-state index in [1.165, 1.54) is 63.8 Å². The minimum Gasteiger partial charge on any atom is -0.465 e. The Morgan fingerprint density at radius 2 is 1.58 bits per heavy atom. The van der Waals surface area contributed by atoms with Gasteiger partial charge in [-0.3, -0.25) is 0 Å². The molecule has 0 aromatic heterocycles. The molecule has 146 valence electrons. The molecule has 0 amide bonds. The Morgan fingerprint density at radius 1 is 0.962 bits per heavy atom. The highest BCUT2D eigenvalue weighted by molar-refractivity contribution is 5.94. The number of ether oxygens (including phenoxy) is 3. The Bertz CT molecular complexity index is 559. The lowest BCUT2D eigenvalue weighted by Crippen LogP contribution is -2.14. The molecule has 2 N–H and O–H groups in total. The number of rotatable bonds is 12. The van der Waals surface area contributed by atoms with E-state index in [2.05, 4.69) is 11.7 Å². The summed E-state index contributed by atoms with van der Waals surface area (Å²) in [5.74, 6) is -0.554. The number of anilines is 1. The van der Waals surface area contributed by atoms with Crippen molar-refractivity contribution in [3.8, 4) is 5.75 Å². The van der Waals surface area contributed by atoms with Crippen molar-refractivity contribution in [2.24, 2.45) is 0 Å². The molecule has 0 aliphatic carbocycles. The molecular formula is C20H31NO5. The molecule has 0 aliphatic heterocycles. The van der Waals surface area contributed by atoms with Crippen LogP contribution in [0.1, 0.15) is 75.1 Å². The third kappa shape index (κ3) is 8.74. The van der Waals surface area contributed by atoms with Crippen LogP contribution in [-0.4, -0.2) is 25.8 Å². The standard InChI is InChI=1S/C20H31NO5/c1-3-4-5-6-7-8-9-10-11-14-25-20(23)26-18-13-12-16(21)15-17(18)19(22)24-2/h12-13,15H,3-11,14,21H2,1-2H3. The zero-order valence-corrected chi connectivity index (χ0v) is 15.9. The van der Waals surface area contributed by atoms with Crippen LogP contribution >= 0.6 is 0 Å². The summed E-state index contributed by atoms with van der Waals surface area (Å²) in [6.45, 7) is 2.52. The van der Waals surface area contributed by atoms with Crippen LogP contribution in [0.25, 0.3) is 0 Å². The van der Waals surface area contributed by atoms with Gasteiger partial charge >= 0.3 is 12.1 Å². The van der Waals surface area contributed by atoms with Crippen molar-refractivity contribution < 1.29 is 23.8 Å². The van der Waals surface area contributed by atoms with E-state index in [0.717, 1.165) is 19.3 Å². The van der Waals surface area contributed by atoms with Crippen molar-refractivity contribution in [3.05, 3.63) is 23.8 Å². The first kappa shape index (κ1) is 21.8. The molecule has 6 nitrogen and oxygen atoms in total. The van der Waals surface area contributed by atoms with Gasteiger partial charge in [0.25, 0.3) is 0 Å². The highest BCUT2D eigenvalue weighted by Gasteiger charge is 2.17. The molecule has 0 atom stereocenters. The molecule has 0 spiro atoms. The molecular weight excluding hydrogens is 334 g/mol. The van der Waals surface area contributed by atoms with Crippen molar-refractivity contribution in [2.45, 2.75) is 64.7 Å². The van der Waals surface area contributed by atoms with Crippen LogP contribution in [0.4, 0.5) is 10.5 Å². The maximum atomic E-state index is 11.8. The van der Waals surface area contributed by atoms with Crippen LogP contribution in [0.2, 0.25) is 0 Å². The van der Waals surface area contributed by atoms with Crippen LogP contribution in [0.5, 0.6) is 5.75 Å². The number of unbranched alkanes of at least 4 members (excludes halogenated alkanes) is 8. The molecule has 0 radical (unpaired) electrons. The van der Waals surface area contributed by atoms with Gasteiger partial charge in [0, 0.05) is 5.69 Å². The average Bonchev–Trinajstić information content (AvgIpc) is 2.64. The molecule has 6 heteroatoms. The smallest absolute Gasteiger partial charge is 0.465 e. The number of esters is 1. The van der Waals surface area contributed by atoms with Crippen molar-refractivity contribution in [3.63, 3.8) is 0 Å². The van der Waals surface area contributed by atoms with Crippen LogP contribution in [0.15, 0.2) is 18.2 Å². The lowest BCUT2D eigenvalue weighted by molar-refractivity contribution is 0.0594. The van der Waals surface area contributed by atoms with Gasteiger partial charge in [-0.2, -0.15) is 0 Å². The summed E-state index contributed by atoms with van der Waals surface area (Å²) in [5, 5.41) is 0. The highest BCUT2D eigenvalue weighted by atomic mass is 16.7. The summed E-state index contributed by atoms with van der Waals surface area (Å²) in [5.41, 5.74) is 6.11. The van der Waals surface area contributed by atoms with Gasteiger partial charge in [-0.1, -0.05) is 58.3 Å². The number of nitrogens with two attached hydrogens (primary N) is 1. The van der Waals surface area contributed by atoms with E-state index in [0.29, 0.717) is 12.3 Å². The van der Waals surface area contributed by atoms with E-state index < -0.39 is 12.1 Å². The largest absolute Gasteiger partial charge is 0.513 e. The predicted molar refractivity (Wildman–Crippen MR) is 101 cm³/mol. The Balaban J connectivity index is 2.22. The van der Waals surface area contributed by atoms with Gasteiger partial charge in [0.2, 0.25) is 0 Å². The van der Waals surface area contributed by atoms with Crippen LogP contribution in [-0.2, 0) is 9.47 Å². The molecule has 0 heterocycles. The van der Waals surface area contributed by atoms with Crippen molar-refractivity contribution in [2.75, 3.05) is 19.5 Å². The first-order valence-electron chi connectivity index (χ1n) is 9.41. The third-order valence-corrected chi connectivity index (χ3v) is 4.07. The van der Waals surface area contributed by atoms with Crippen LogP contribution in [0.3, 0.4) is 0 Å². The minimum absolute atomic E-state index is 0.0723. The molecule has 1 rings (SSSR count). The van der Waals surface area contributed by atoms with Gasteiger partial charge in [-0.25, -0.2) is 9.59 Å². The van der Waals surface area contributed by atoms with Crippen LogP contribution in [0, 0.1) is 0 Å². The Labute approximate surface area is 156 Å². The summed E-state index contributed by atoms with van der Waals surface area (Å²) in [4.78, 5) is 23.5. The van der Waals surface area contributed by atoms with Gasteiger partial charge in [0.1, 0.15) is 11.3 Å². The highest BCUT2D eigenvalue weighted by Crippen LogP contribution is 2.22. The number of hydrogen-bond acceptors (Lipinski definition) is 6. The molecule has 0 bridgehead atoms. The Morgan fingerprint density at radius 3 is 2.19 bits per heavy atom. The summed E-state index contributed by atoms with van der Waals surface area (Å²) < 4.78 is 14.8. The van der Waals surface area contributed by atoms with Crippen molar-refractivity contribution in [1.82, 2.24) is 0 Å². The van der Waals surface area contributed by atoms with E-state index in [-0.39, 0.29) is 11.3 Å². The fourth-order valence-electron chi connectivity index (χ4n) is 2.59. The second-order valence-electron chi connectivity index (χ2n) is 6.28. The molecule has 0 unspecified atom stereocenters. The monoisotopic (exact) mass is 365 g/mol. The first-order valence-corrected chi connectivity index (χ1v) is 9.41. The van der Waals surface area contributed by atoms with E-state index in [4.69, 9.17) is 15.2 Å². The minimum atomic E-state index is -0.834. The van der Waals surface area contributed by atoms with E-state index in [1.807, 2.05) is 0 Å². The zero-order chi connectivity index (χ0) is 19.2. The lowest BCUT2D eigenvalue weighted by Gasteiger charge is -2.10. The third-order valence-electron chi connectivity index (χ3n) is 4.07. The number of hydrogen-bond donors (Lipinski definition) is 1. The molecule has 0 saturated heterocycles. The summed E-state index contributed by atoms with van der Waals surface area (Å²) in [6.07, 6.45) is 9.86. The maximum absolute atomic E-state index is 11.8. The molecule has 1 aromatic rings. The fourth-order valence-corrected chi connectivity index (χ4v) is 2.59. The molecule has 0 saturated carbocycles. The topological polar surface area (TPSA) is 87.9 Å². The van der Waals surface area contributed by atoms with E-state index in [9.17, 15) is 9.59 Å². The van der Waals surface area contributed by atoms with E-state index in [1.54, 1.807) is 0 Å². The van der Waals surface area contributed by atoms with Crippen molar-refractivity contribution in [1.29, 1.82) is 0 Å². The quantitative estimate of drug-likeness (QED) is 0.240. The van der Waals surface area contributed by atoms with Crippen LogP contribution < -0.4 is 10.5 Å². The SMILES string of the molecule is CCCCCCCCCCCOC(=O)Oc1ccc(N)cc1C(=O)OC. The maximum Gasteiger partial charge on any atom is 0.513 e. The molecule has 1 aromatic carbocycles. The molecule has 0 aliphatic rings. The van der Waals surface area contributed by atoms with Gasteiger partial charge in [-0.05, 0) is 24.6 Å². The number of benzene rings is 1. The first-order chi connectivity index (χ1) is 12.6. The molecule has 0 fully saturated rings. The predicted octanol–water partition coefficient (Wildman–Crippen LogP) is 5.10. The number of carbonyl (C=O) groups excluding carboxylic acids is 2. The average molecular weight is 365 g/mol. The lowest BCUT2D eigenvalue weighted by atomic mass is 10.1.